The van der Waals surface area contributed by atoms with Crippen LogP contribution in [0.25, 0.3) is 0 Å². The monoisotopic (exact) mass is 297 g/mol. The summed E-state index contributed by atoms with van der Waals surface area (Å²) >= 11 is 0. The fourth-order valence-electron chi connectivity index (χ4n) is 2.60. The molecule has 0 aromatic heterocycles. The molecular weight excluding hydrogens is 269 g/mol. The molecule has 0 aromatic rings. The van der Waals surface area contributed by atoms with Crippen LogP contribution in [0.2, 0.25) is 0 Å². The first-order chi connectivity index (χ1) is 7.66. The number of hydrogen-bond acceptors (Lipinski definition) is 3. The van der Waals surface area contributed by atoms with Crippen molar-refractivity contribution in [1.29, 1.82) is 0 Å². The van der Waals surface area contributed by atoms with Gasteiger partial charge in [-0.3, -0.25) is 4.90 Å². The van der Waals surface area contributed by atoms with E-state index < -0.39 is 0 Å². The molecule has 0 atom stereocenters. The molecule has 18 heavy (non-hydrogen) atoms. The molecule has 2 fully saturated rings. The van der Waals surface area contributed by atoms with E-state index in [0.717, 1.165) is 0 Å². The predicted molar refractivity (Wildman–Crippen MR) is 83.3 cm³/mol. The van der Waals surface area contributed by atoms with Crippen molar-refractivity contribution in [1.82, 2.24) is 15.1 Å². The predicted octanol–water partition coefficient (Wildman–Crippen LogP) is 1.86. The zero-order valence-electron chi connectivity index (χ0n) is 11.8. The van der Waals surface area contributed by atoms with Crippen LogP contribution in [0.3, 0.4) is 0 Å². The van der Waals surface area contributed by atoms with Crippen LogP contribution in [0.15, 0.2) is 0 Å². The number of likely N-dealkylation sites (tertiary alicyclic amines) is 1. The number of piperazine rings is 1. The molecule has 3 nitrogen and oxygen atoms in total. The first kappa shape index (κ1) is 18.5. The number of rotatable bonds is 3. The molecule has 1 N–H and O–H groups in total. The molecule has 5 heteroatoms. The summed E-state index contributed by atoms with van der Waals surface area (Å²) < 4.78 is 0. The molecule has 110 valence electrons. The first-order valence-electron chi connectivity index (χ1n) is 6.81. The van der Waals surface area contributed by atoms with E-state index >= 15 is 0 Å². The maximum absolute atomic E-state index is 3.41. The fraction of sp³-hybridized carbons (Fsp3) is 1.00. The van der Waals surface area contributed by atoms with Gasteiger partial charge in [-0.2, -0.15) is 0 Å². The highest BCUT2D eigenvalue weighted by atomic mass is 35.5. The average Bonchev–Trinajstić information content (AvgIpc) is 2.29. The van der Waals surface area contributed by atoms with Crippen LogP contribution in [0, 0.1) is 5.41 Å². The summed E-state index contributed by atoms with van der Waals surface area (Å²) in [6, 6.07) is 0. The number of hydrogen-bond donors (Lipinski definition) is 1. The smallest absolute Gasteiger partial charge is 0.0110 e. The Morgan fingerprint density at radius 1 is 0.833 bits per heavy atom. The van der Waals surface area contributed by atoms with Gasteiger partial charge >= 0.3 is 0 Å². The second-order valence-electron chi connectivity index (χ2n) is 6.10. The molecule has 0 spiro atoms. The van der Waals surface area contributed by atoms with E-state index in [9.17, 15) is 0 Å². The van der Waals surface area contributed by atoms with E-state index in [0.29, 0.717) is 5.41 Å². The van der Waals surface area contributed by atoms with E-state index in [-0.39, 0.29) is 24.8 Å². The highest BCUT2D eigenvalue weighted by Crippen LogP contribution is 2.29. The normalized spacial score (nSPS) is 25.0. The van der Waals surface area contributed by atoms with Gasteiger partial charge in [0.15, 0.2) is 0 Å². The molecule has 2 saturated heterocycles. The van der Waals surface area contributed by atoms with Crippen molar-refractivity contribution in [2.24, 2.45) is 5.41 Å². The molecule has 2 aliphatic heterocycles. The highest BCUT2D eigenvalue weighted by molar-refractivity contribution is 5.85. The van der Waals surface area contributed by atoms with Crippen LogP contribution in [0.1, 0.15) is 26.7 Å². The lowest BCUT2D eigenvalue weighted by Gasteiger charge is -2.38. The second kappa shape index (κ2) is 8.60. The Bertz CT molecular complexity index is 208. The van der Waals surface area contributed by atoms with Gasteiger partial charge in [-0.25, -0.2) is 0 Å². The summed E-state index contributed by atoms with van der Waals surface area (Å²) in [4.78, 5) is 5.24. The quantitative estimate of drug-likeness (QED) is 0.858. The lowest BCUT2D eigenvalue weighted by Crippen LogP contribution is -2.47. The third-order valence-corrected chi connectivity index (χ3v) is 4.15. The second-order valence-corrected chi connectivity index (χ2v) is 6.10. The van der Waals surface area contributed by atoms with Crippen molar-refractivity contribution in [3.8, 4) is 0 Å². The van der Waals surface area contributed by atoms with E-state index in [1.54, 1.807) is 0 Å². The number of nitrogens with one attached hydrogen (secondary N) is 1. The van der Waals surface area contributed by atoms with Crippen molar-refractivity contribution < 1.29 is 0 Å². The zero-order chi connectivity index (χ0) is 11.4. The topological polar surface area (TPSA) is 18.5 Å². The summed E-state index contributed by atoms with van der Waals surface area (Å²) in [6.45, 7) is 14.8. The molecule has 0 radical (unpaired) electrons. The van der Waals surface area contributed by atoms with Crippen LogP contribution >= 0.6 is 24.8 Å². The van der Waals surface area contributed by atoms with Gasteiger partial charge in [0, 0.05) is 39.3 Å². The van der Waals surface area contributed by atoms with E-state index in [2.05, 4.69) is 29.0 Å². The Balaban J connectivity index is 0.00000144. The number of halogens is 2. The van der Waals surface area contributed by atoms with Crippen LogP contribution in [-0.4, -0.2) is 62.2 Å². The zero-order valence-corrected chi connectivity index (χ0v) is 13.4. The molecule has 0 saturated carbocycles. The van der Waals surface area contributed by atoms with Gasteiger partial charge in [0.2, 0.25) is 0 Å². The van der Waals surface area contributed by atoms with Crippen molar-refractivity contribution in [2.45, 2.75) is 26.7 Å². The van der Waals surface area contributed by atoms with Crippen molar-refractivity contribution in [2.75, 3.05) is 52.4 Å². The maximum Gasteiger partial charge on any atom is 0.0110 e. The molecule has 0 aromatic carbocycles. The summed E-state index contributed by atoms with van der Waals surface area (Å²) in [6.07, 6.45) is 2.74. The molecule has 0 amide bonds. The number of nitrogens with zero attached hydrogens (tertiary/aromatic N) is 2. The molecule has 2 rings (SSSR count). The fourth-order valence-corrected chi connectivity index (χ4v) is 2.60. The van der Waals surface area contributed by atoms with Gasteiger partial charge in [0.05, 0.1) is 0 Å². The minimum atomic E-state index is 0. The van der Waals surface area contributed by atoms with Crippen molar-refractivity contribution >= 4 is 24.8 Å². The minimum absolute atomic E-state index is 0. The minimum Gasteiger partial charge on any atom is -0.314 e. The Labute approximate surface area is 124 Å². The summed E-state index contributed by atoms with van der Waals surface area (Å²) in [7, 11) is 0. The van der Waals surface area contributed by atoms with E-state index in [4.69, 9.17) is 0 Å². The average molecular weight is 298 g/mol. The summed E-state index contributed by atoms with van der Waals surface area (Å²) in [5.74, 6) is 0. The molecule has 2 heterocycles. The Kier molecular flexibility index (Phi) is 8.81. The van der Waals surface area contributed by atoms with Crippen molar-refractivity contribution in [3.63, 3.8) is 0 Å². The molecule has 0 bridgehead atoms. The van der Waals surface area contributed by atoms with Gasteiger partial charge in [0.25, 0.3) is 0 Å². The van der Waals surface area contributed by atoms with Gasteiger partial charge in [-0.15, -0.1) is 24.8 Å². The van der Waals surface area contributed by atoms with Crippen LogP contribution < -0.4 is 5.32 Å². The molecule has 0 aliphatic carbocycles. The Morgan fingerprint density at radius 3 is 1.78 bits per heavy atom. The van der Waals surface area contributed by atoms with Crippen LogP contribution in [0.4, 0.5) is 0 Å². The van der Waals surface area contributed by atoms with Crippen LogP contribution in [-0.2, 0) is 0 Å². The lowest BCUT2D eigenvalue weighted by molar-refractivity contribution is 0.115. The molecular formula is C13H29Cl2N3. The summed E-state index contributed by atoms with van der Waals surface area (Å²) in [5.41, 5.74) is 0.589. The Morgan fingerprint density at radius 2 is 1.28 bits per heavy atom. The maximum atomic E-state index is 3.41. The largest absolute Gasteiger partial charge is 0.314 e. The molecule has 0 unspecified atom stereocenters. The van der Waals surface area contributed by atoms with Crippen LogP contribution in [0.5, 0.6) is 0 Å². The van der Waals surface area contributed by atoms with Crippen molar-refractivity contribution in [3.05, 3.63) is 0 Å². The summed E-state index contributed by atoms with van der Waals surface area (Å²) in [5, 5.41) is 3.41. The first-order valence-corrected chi connectivity index (χ1v) is 6.81. The van der Waals surface area contributed by atoms with E-state index in [1.807, 2.05) is 0 Å². The van der Waals surface area contributed by atoms with Gasteiger partial charge in [-0.05, 0) is 31.3 Å². The van der Waals surface area contributed by atoms with Gasteiger partial charge in [-0.1, -0.05) is 13.8 Å². The number of piperidine rings is 1. The standard InChI is InChI=1S/C13H27N3.2ClH/c1-13(2)3-7-15(8-4-13)11-12-16-9-5-14-6-10-16;;/h14H,3-12H2,1-2H3;2*1H. The van der Waals surface area contributed by atoms with Gasteiger partial charge in [0.1, 0.15) is 0 Å². The van der Waals surface area contributed by atoms with Gasteiger partial charge < -0.3 is 10.2 Å². The Hall–Kier alpha value is 0.460. The third-order valence-electron chi connectivity index (χ3n) is 4.15. The highest BCUT2D eigenvalue weighted by Gasteiger charge is 2.25. The third kappa shape index (κ3) is 6.07. The lowest BCUT2D eigenvalue weighted by atomic mass is 9.83. The SMILES string of the molecule is CC1(C)CCN(CCN2CCNCC2)CC1.Cl.Cl. The van der Waals surface area contributed by atoms with E-state index in [1.165, 1.54) is 65.2 Å². The molecule has 2 aliphatic rings.